The van der Waals surface area contributed by atoms with Gasteiger partial charge in [-0.2, -0.15) is 0 Å². The van der Waals surface area contributed by atoms with Crippen LogP contribution in [-0.4, -0.2) is 28.7 Å². The molecule has 3 N–H and O–H groups in total. The fourth-order valence-corrected chi connectivity index (χ4v) is 1.77. The lowest BCUT2D eigenvalue weighted by Gasteiger charge is -2.19. The van der Waals surface area contributed by atoms with Crippen molar-refractivity contribution in [3.8, 4) is 0 Å². The molecule has 6 nitrogen and oxygen atoms in total. The van der Waals surface area contributed by atoms with Crippen LogP contribution < -0.4 is 10.6 Å². The molecule has 0 saturated heterocycles. The molecule has 2 aromatic rings. The van der Waals surface area contributed by atoms with Gasteiger partial charge in [0.1, 0.15) is 11.4 Å². The Balaban J connectivity index is 2.01. The number of amides is 1. The van der Waals surface area contributed by atoms with Crippen LogP contribution in [0.2, 0.25) is 0 Å². The van der Waals surface area contributed by atoms with Gasteiger partial charge in [-0.15, -0.1) is 0 Å². The van der Waals surface area contributed by atoms with E-state index in [1.54, 1.807) is 0 Å². The Morgan fingerprint density at radius 2 is 2.15 bits per heavy atom. The van der Waals surface area contributed by atoms with Gasteiger partial charge in [0.2, 0.25) is 0 Å². The summed E-state index contributed by atoms with van der Waals surface area (Å²) < 4.78 is 5.17. The number of benzene rings is 1. The zero-order valence-corrected chi connectivity index (χ0v) is 12.2. The number of aromatic amines is 1. The average Bonchev–Trinajstić information content (AvgIpc) is 2.75. The Bertz CT molecular complexity index is 613. The molecular weight excluding hydrogens is 256 g/mol. The number of fused-ring (bicyclic) bond motifs is 1. The highest BCUT2D eigenvalue weighted by Crippen LogP contribution is 2.16. The van der Waals surface area contributed by atoms with E-state index < -0.39 is 11.7 Å². The van der Waals surface area contributed by atoms with Gasteiger partial charge in [-0.3, -0.25) is 0 Å². The molecule has 0 saturated carbocycles. The van der Waals surface area contributed by atoms with Crippen LogP contribution in [0.15, 0.2) is 18.2 Å². The molecule has 0 aliphatic carbocycles. The fraction of sp³-hybridized carbons (Fsp3) is 0.429. The first-order valence-corrected chi connectivity index (χ1v) is 6.50. The summed E-state index contributed by atoms with van der Waals surface area (Å²) in [6.45, 7) is 5.78. The van der Waals surface area contributed by atoms with Crippen molar-refractivity contribution in [2.45, 2.75) is 32.9 Å². The minimum absolute atomic E-state index is 0.304. The van der Waals surface area contributed by atoms with E-state index in [-0.39, 0.29) is 0 Å². The minimum Gasteiger partial charge on any atom is -0.444 e. The van der Waals surface area contributed by atoms with Gasteiger partial charge in [0.05, 0.1) is 17.6 Å². The van der Waals surface area contributed by atoms with Gasteiger partial charge in [0, 0.05) is 12.7 Å². The first-order valence-electron chi connectivity index (χ1n) is 6.50. The second-order valence-corrected chi connectivity index (χ2v) is 5.52. The number of hydrogen-bond acceptors (Lipinski definition) is 4. The molecule has 0 unspecified atom stereocenters. The standard InChI is InChI=1S/C14H20N4O2/c1-14(2,3)20-13(19)16-8-12-17-10-6-5-9(15-4)7-11(10)18-12/h5-7,15H,8H2,1-4H3,(H,16,19)(H,17,18). The molecule has 0 radical (unpaired) electrons. The summed E-state index contributed by atoms with van der Waals surface area (Å²) in [7, 11) is 1.86. The van der Waals surface area contributed by atoms with E-state index in [1.165, 1.54) is 0 Å². The first kappa shape index (κ1) is 14.2. The van der Waals surface area contributed by atoms with Crippen molar-refractivity contribution in [2.24, 2.45) is 0 Å². The number of carbonyl (C=O) groups is 1. The molecule has 0 spiro atoms. The van der Waals surface area contributed by atoms with Crippen LogP contribution in [-0.2, 0) is 11.3 Å². The minimum atomic E-state index is -0.500. The molecule has 0 aliphatic rings. The number of ether oxygens (including phenoxy) is 1. The van der Waals surface area contributed by atoms with E-state index in [9.17, 15) is 4.79 Å². The highest BCUT2D eigenvalue weighted by molar-refractivity contribution is 5.79. The van der Waals surface area contributed by atoms with Crippen molar-refractivity contribution in [1.29, 1.82) is 0 Å². The molecule has 1 heterocycles. The highest BCUT2D eigenvalue weighted by Gasteiger charge is 2.16. The predicted molar refractivity (Wildman–Crippen MR) is 78.7 cm³/mol. The Morgan fingerprint density at radius 3 is 2.80 bits per heavy atom. The van der Waals surface area contributed by atoms with Gasteiger partial charge in [0.25, 0.3) is 0 Å². The molecule has 0 aliphatic heterocycles. The lowest BCUT2D eigenvalue weighted by Crippen LogP contribution is -2.32. The Kier molecular flexibility index (Phi) is 3.83. The predicted octanol–water partition coefficient (Wildman–Crippen LogP) is 2.63. The van der Waals surface area contributed by atoms with Gasteiger partial charge in [-0.05, 0) is 39.0 Å². The van der Waals surface area contributed by atoms with E-state index in [1.807, 2.05) is 46.0 Å². The van der Waals surface area contributed by atoms with Crippen molar-refractivity contribution in [1.82, 2.24) is 15.3 Å². The molecule has 108 valence electrons. The second-order valence-electron chi connectivity index (χ2n) is 5.52. The Hall–Kier alpha value is -2.24. The van der Waals surface area contributed by atoms with Crippen LogP contribution in [0, 0.1) is 0 Å². The normalized spacial score (nSPS) is 11.4. The Morgan fingerprint density at radius 1 is 1.40 bits per heavy atom. The third-order valence-corrected chi connectivity index (χ3v) is 2.62. The van der Waals surface area contributed by atoms with Gasteiger partial charge >= 0.3 is 6.09 Å². The number of alkyl carbamates (subject to hydrolysis) is 1. The van der Waals surface area contributed by atoms with E-state index in [0.29, 0.717) is 12.4 Å². The van der Waals surface area contributed by atoms with E-state index in [0.717, 1.165) is 16.7 Å². The highest BCUT2D eigenvalue weighted by atomic mass is 16.6. The molecule has 20 heavy (non-hydrogen) atoms. The topological polar surface area (TPSA) is 79.0 Å². The summed E-state index contributed by atoms with van der Waals surface area (Å²) in [4.78, 5) is 19.1. The van der Waals surface area contributed by atoms with Crippen molar-refractivity contribution in [3.05, 3.63) is 24.0 Å². The number of nitrogens with zero attached hydrogens (tertiary/aromatic N) is 1. The summed E-state index contributed by atoms with van der Waals surface area (Å²) in [6, 6.07) is 5.85. The molecule has 1 aromatic carbocycles. The van der Waals surface area contributed by atoms with Crippen LogP contribution in [0.3, 0.4) is 0 Å². The SMILES string of the molecule is CNc1ccc2nc(CNC(=O)OC(C)(C)C)[nH]c2c1. The lowest BCUT2D eigenvalue weighted by molar-refractivity contribution is 0.0522. The summed E-state index contributed by atoms with van der Waals surface area (Å²) in [6.07, 6.45) is -0.450. The molecule has 1 aromatic heterocycles. The van der Waals surface area contributed by atoms with Crippen molar-refractivity contribution >= 4 is 22.8 Å². The molecule has 1 amide bonds. The van der Waals surface area contributed by atoms with Crippen LogP contribution in [0.1, 0.15) is 26.6 Å². The molecule has 6 heteroatoms. The van der Waals surface area contributed by atoms with Gasteiger partial charge < -0.3 is 20.4 Å². The average molecular weight is 276 g/mol. The maximum absolute atomic E-state index is 11.6. The molecular formula is C14H20N4O2. The summed E-state index contributed by atoms with van der Waals surface area (Å²) in [5, 5.41) is 5.74. The number of hydrogen-bond donors (Lipinski definition) is 3. The number of nitrogens with one attached hydrogen (secondary N) is 3. The molecule has 0 fully saturated rings. The number of rotatable bonds is 3. The number of carbonyl (C=O) groups excluding carboxylic acids is 1. The largest absolute Gasteiger partial charge is 0.444 e. The summed E-state index contributed by atoms with van der Waals surface area (Å²) in [5.41, 5.74) is 2.30. The zero-order valence-electron chi connectivity index (χ0n) is 12.2. The second kappa shape index (κ2) is 5.40. The zero-order chi connectivity index (χ0) is 14.8. The van der Waals surface area contributed by atoms with Crippen LogP contribution >= 0.6 is 0 Å². The van der Waals surface area contributed by atoms with Gasteiger partial charge in [0.15, 0.2) is 0 Å². The number of H-pyrrole nitrogens is 1. The summed E-state index contributed by atoms with van der Waals surface area (Å²) >= 11 is 0. The lowest BCUT2D eigenvalue weighted by atomic mass is 10.2. The third-order valence-electron chi connectivity index (χ3n) is 2.62. The molecule has 2 rings (SSSR count). The van der Waals surface area contributed by atoms with Crippen molar-refractivity contribution in [3.63, 3.8) is 0 Å². The smallest absolute Gasteiger partial charge is 0.408 e. The monoisotopic (exact) mass is 276 g/mol. The Labute approximate surface area is 117 Å². The molecule has 0 atom stereocenters. The fourth-order valence-electron chi connectivity index (χ4n) is 1.77. The van der Waals surface area contributed by atoms with Crippen LogP contribution in [0.4, 0.5) is 10.5 Å². The van der Waals surface area contributed by atoms with Gasteiger partial charge in [-0.1, -0.05) is 0 Å². The van der Waals surface area contributed by atoms with Crippen molar-refractivity contribution < 1.29 is 9.53 Å². The third kappa shape index (κ3) is 3.63. The van der Waals surface area contributed by atoms with Gasteiger partial charge in [-0.25, -0.2) is 9.78 Å². The van der Waals surface area contributed by atoms with Crippen molar-refractivity contribution in [2.75, 3.05) is 12.4 Å². The molecule has 0 bridgehead atoms. The van der Waals surface area contributed by atoms with Crippen LogP contribution in [0.25, 0.3) is 11.0 Å². The number of imidazole rings is 1. The van der Waals surface area contributed by atoms with E-state index >= 15 is 0 Å². The van der Waals surface area contributed by atoms with Crippen LogP contribution in [0.5, 0.6) is 0 Å². The quantitative estimate of drug-likeness (QED) is 0.805. The maximum Gasteiger partial charge on any atom is 0.408 e. The van der Waals surface area contributed by atoms with E-state index in [4.69, 9.17) is 4.74 Å². The summed E-state index contributed by atoms with van der Waals surface area (Å²) in [5.74, 6) is 0.694. The first-order chi connectivity index (χ1) is 9.37. The van der Waals surface area contributed by atoms with E-state index in [2.05, 4.69) is 20.6 Å². The number of anilines is 1. The maximum atomic E-state index is 11.6. The number of aromatic nitrogens is 2.